The average molecular weight is 270 g/mol. The van der Waals surface area contributed by atoms with Gasteiger partial charge in [0.2, 0.25) is 0 Å². The quantitative estimate of drug-likeness (QED) is 0.910. The van der Waals surface area contributed by atoms with Crippen molar-refractivity contribution in [1.82, 2.24) is 0 Å². The molecule has 1 heterocycles. The van der Waals surface area contributed by atoms with Crippen LogP contribution in [0, 0.1) is 5.82 Å². The smallest absolute Gasteiger partial charge is 0.283 e. The van der Waals surface area contributed by atoms with Gasteiger partial charge in [-0.25, -0.2) is 13.8 Å². The van der Waals surface area contributed by atoms with E-state index in [0.717, 1.165) is 0 Å². The third kappa shape index (κ3) is 2.28. The van der Waals surface area contributed by atoms with Gasteiger partial charge in [0, 0.05) is 12.7 Å². The van der Waals surface area contributed by atoms with E-state index in [1.54, 1.807) is 25.1 Å². The van der Waals surface area contributed by atoms with Crippen LogP contribution in [0.3, 0.4) is 0 Å². The van der Waals surface area contributed by atoms with Gasteiger partial charge < -0.3 is 15.2 Å². The Balaban J connectivity index is 2.55. The maximum atomic E-state index is 14.0. The molecule has 3 atom stereocenters. The highest BCUT2D eigenvalue weighted by Gasteiger charge is 2.47. The number of alkyl halides is 1. The molecule has 0 aliphatic carbocycles. The summed E-state index contributed by atoms with van der Waals surface area (Å²) in [5, 5.41) is 0. The molecule has 19 heavy (non-hydrogen) atoms. The van der Waals surface area contributed by atoms with E-state index >= 15 is 0 Å². The lowest BCUT2D eigenvalue weighted by molar-refractivity contribution is -0.0705. The van der Waals surface area contributed by atoms with Crippen molar-refractivity contribution in [2.75, 3.05) is 13.8 Å². The predicted molar refractivity (Wildman–Crippen MR) is 67.0 cm³/mol. The minimum atomic E-state index is -1.13. The molecule has 1 aliphatic rings. The molecule has 0 amide bonds. The molecule has 2 rings (SSSR count). The molecular weight excluding hydrogens is 254 g/mol. The molecule has 0 bridgehead atoms. The summed E-state index contributed by atoms with van der Waals surface area (Å²) in [5.41, 5.74) is 4.74. The van der Waals surface area contributed by atoms with E-state index in [1.165, 1.54) is 13.2 Å². The van der Waals surface area contributed by atoms with Crippen molar-refractivity contribution in [2.45, 2.75) is 24.7 Å². The van der Waals surface area contributed by atoms with Crippen molar-refractivity contribution in [2.24, 2.45) is 10.7 Å². The average Bonchev–Trinajstić information content (AvgIpc) is 2.38. The van der Waals surface area contributed by atoms with Gasteiger partial charge >= 0.3 is 0 Å². The van der Waals surface area contributed by atoms with E-state index in [0.29, 0.717) is 5.56 Å². The van der Waals surface area contributed by atoms with Gasteiger partial charge in [-0.3, -0.25) is 0 Å². The van der Waals surface area contributed by atoms with Gasteiger partial charge in [-0.15, -0.1) is 0 Å². The maximum absolute atomic E-state index is 14.0. The summed E-state index contributed by atoms with van der Waals surface area (Å²) in [5.74, 6) is -0.442. The third-order valence-electron chi connectivity index (χ3n) is 3.33. The van der Waals surface area contributed by atoms with Crippen molar-refractivity contribution in [3.8, 4) is 0 Å². The first-order valence-electron chi connectivity index (χ1n) is 5.88. The van der Waals surface area contributed by atoms with Gasteiger partial charge in [0.1, 0.15) is 24.1 Å². The van der Waals surface area contributed by atoms with Crippen LogP contribution in [0.4, 0.5) is 8.78 Å². The number of nitrogens with zero attached hydrogens (tertiary/aromatic N) is 1. The van der Waals surface area contributed by atoms with Crippen LogP contribution in [0.2, 0.25) is 0 Å². The molecule has 0 saturated heterocycles. The van der Waals surface area contributed by atoms with Crippen LogP contribution in [0.1, 0.15) is 12.5 Å². The summed E-state index contributed by atoms with van der Waals surface area (Å²) < 4.78 is 37.4. The number of nitrogens with two attached hydrogens (primary N) is 1. The number of hydrogen-bond acceptors (Lipinski definition) is 4. The highest BCUT2D eigenvalue weighted by atomic mass is 19.1. The van der Waals surface area contributed by atoms with E-state index in [2.05, 4.69) is 4.99 Å². The summed E-state index contributed by atoms with van der Waals surface area (Å²) in [6.45, 7) is 0.858. The Hall–Kier alpha value is -1.69. The zero-order valence-corrected chi connectivity index (χ0v) is 10.8. The standard InChI is InChI=1S/C13H16F2N2O2/c1-13(8-5-3-4-6-9(8)15)11(18-2)10(7-14)19-12(16)17-13/h3-6,10-11H,7H2,1-2H3,(H2,16,17)/t10-,11+,13-/m1/s1. The minimum Gasteiger partial charge on any atom is -0.456 e. The fraction of sp³-hybridized carbons (Fsp3) is 0.462. The number of aliphatic imine (C=N–C) groups is 1. The van der Waals surface area contributed by atoms with Gasteiger partial charge in [-0.1, -0.05) is 18.2 Å². The number of rotatable bonds is 3. The second-order valence-electron chi connectivity index (χ2n) is 4.54. The van der Waals surface area contributed by atoms with E-state index < -0.39 is 30.2 Å². The summed E-state index contributed by atoms with van der Waals surface area (Å²) in [4.78, 5) is 4.14. The van der Waals surface area contributed by atoms with Crippen LogP contribution in [-0.4, -0.2) is 32.0 Å². The Morgan fingerprint density at radius 1 is 1.47 bits per heavy atom. The summed E-state index contributed by atoms with van der Waals surface area (Å²) >= 11 is 0. The molecule has 2 N–H and O–H groups in total. The Bertz CT molecular complexity index is 495. The first kappa shape index (κ1) is 13.7. The monoisotopic (exact) mass is 270 g/mol. The number of hydrogen-bond donors (Lipinski definition) is 1. The molecule has 0 unspecified atom stereocenters. The highest BCUT2D eigenvalue weighted by molar-refractivity contribution is 5.73. The molecule has 4 nitrogen and oxygen atoms in total. The molecule has 0 fully saturated rings. The topological polar surface area (TPSA) is 56.8 Å². The van der Waals surface area contributed by atoms with Crippen LogP contribution in [0.5, 0.6) is 0 Å². The van der Waals surface area contributed by atoms with Gasteiger partial charge in [-0.05, 0) is 13.0 Å². The van der Waals surface area contributed by atoms with E-state index in [-0.39, 0.29) is 6.02 Å². The second kappa shape index (κ2) is 5.13. The van der Waals surface area contributed by atoms with Crippen molar-refractivity contribution in [3.05, 3.63) is 35.6 Å². The lowest BCUT2D eigenvalue weighted by Gasteiger charge is -2.40. The molecule has 0 saturated carbocycles. The SMILES string of the molecule is CO[C@H]1[C@@H](CF)OC(N)=N[C@]1(C)c1ccccc1F. The van der Waals surface area contributed by atoms with E-state index in [1.807, 2.05) is 0 Å². The van der Waals surface area contributed by atoms with Crippen LogP contribution in [0.15, 0.2) is 29.3 Å². The molecule has 0 spiro atoms. The molecule has 0 aromatic heterocycles. The zero-order chi connectivity index (χ0) is 14.0. The number of amidine groups is 1. The summed E-state index contributed by atoms with van der Waals surface area (Å²) in [6.07, 6.45) is -1.67. The summed E-state index contributed by atoms with van der Waals surface area (Å²) in [6, 6.07) is 5.99. The number of ether oxygens (including phenoxy) is 2. The van der Waals surface area contributed by atoms with Gasteiger partial charge in [0.05, 0.1) is 0 Å². The number of halogens is 2. The first-order valence-corrected chi connectivity index (χ1v) is 5.88. The Kier molecular flexibility index (Phi) is 3.71. The fourth-order valence-corrected chi connectivity index (χ4v) is 2.48. The molecule has 104 valence electrons. The van der Waals surface area contributed by atoms with E-state index in [9.17, 15) is 8.78 Å². The van der Waals surface area contributed by atoms with Gasteiger partial charge in [0.25, 0.3) is 6.02 Å². The largest absolute Gasteiger partial charge is 0.456 e. The van der Waals surface area contributed by atoms with Crippen molar-refractivity contribution in [3.63, 3.8) is 0 Å². The molecule has 1 aromatic rings. The Labute approximate surface area is 110 Å². The van der Waals surface area contributed by atoms with Crippen LogP contribution in [0.25, 0.3) is 0 Å². The number of methoxy groups -OCH3 is 1. The zero-order valence-electron chi connectivity index (χ0n) is 10.8. The van der Waals surface area contributed by atoms with Gasteiger partial charge in [-0.2, -0.15) is 0 Å². The minimum absolute atomic E-state index is 0.165. The normalized spacial score (nSPS) is 30.6. The molecule has 1 aliphatic heterocycles. The van der Waals surface area contributed by atoms with Crippen LogP contribution in [-0.2, 0) is 15.0 Å². The predicted octanol–water partition coefficient (Wildman–Crippen LogP) is 1.74. The lowest BCUT2D eigenvalue weighted by Crippen LogP contribution is -2.53. The maximum Gasteiger partial charge on any atom is 0.283 e. The molecular formula is C13H16F2N2O2. The van der Waals surface area contributed by atoms with Gasteiger partial charge in [0.15, 0.2) is 6.10 Å². The lowest BCUT2D eigenvalue weighted by atomic mass is 9.83. The third-order valence-corrected chi connectivity index (χ3v) is 3.33. The number of benzene rings is 1. The van der Waals surface area contributed by atoms with E-state index in [4.69, 9.17) is 15.2 Å². The summed E-state index contributed by atoms with van der Waals surface area (Å²) in [7, 11) is 1.41. The fourth-order valence-electron chi connectivity index (χ4n) is 2.48. The molecule has 1 aromatic carbocycles. The first-order chi connectivity index (χ1) is 9.02. The second-order valence-corrected chi connectivity index (χ2v) is 4.54. The van der Waals surface area contributed by atoms with Crippen LogP contribution < -0.4 is 5.73 Å². The molecule has 0 radical (unpaired) electrons. The van der Waals surface area contributed by atoms with Crippen molar-refractivity contribution >= 4 is 6.02 Å². The van der Waals surface area contributed by atoms with Crippen molar-refractivity contribution < 1.29 is 18.3 Å². The van der Waals surface area contributed by atoms with Crippen molar-refractivity contribution in [1.29, 1.82) is 0 Å². The Morgan fingerprint density at radius 2 is 2.16 bits per heavy atom. The molecule has 6 heteroatoms. The Morgan fingerprint density at radius 3 is 2.74 bits per heavy atom. The van der Waals surface area contributed by atoms with Crippen LogP contribution >= 0.6 is 0 Å². The highest BCUT2D eigenvalue weighted by Crippen LogP contribution is 2.37.